The molecule has 0 spiro atoms. The highest BCUT2D eigenvalue weighted by molar-refractivity contribution is 5.12. The standard InChI is InChI=1S/C25H48O3/c1-8-9-10-11-12-16-19-24(23-17-14-13-15-18-23)25(26-20(2)3,27-21(4)5)28-22(6)7/h17,20-22,24H,8-16,18-19H2,1-7H3. The second kappa shape index (κ2) is 13.8. The van der Waals surface area contributed by atoms with E-state index in [0.717, 1.165) is 12.8 Å². The lowest BCUT2D eigenvalue weighted by Crippen LogP contribution is -2.51. The summed E-state index contributed by atoms with van der Waals surface area (Å²) in [6.07, 6.45) is 16.3. The summed E-state index contributed by atoms with van der Waals surface area (Å²) in [6, 6.07) is 0. The van der Waals surface area contributed by atoms with Gasteiger partial charge in [0, 0.05) is 0 Å². The topological polar surface area (TPSA) is 27.7 Å². The Morgan fingerprint density at radius 2 is 1.32 bits per heavy atom. The maximum atomic E-state index is 6.49. The van der Waals surface area contributed by atoms with Gasteiger partial charge in [-0.25, -0.2) is 0 Å². The van der Waals surface area contributed by atoms with E-state index in [1.165, 1.54) is 63.4 Å². The summed E-state index contributed by atoms with van der Waals surface area (Å²) in [7, 11) is 0. The molecule has 0 aliphatic heterocycles. The number of unbranched alkanes of at least 4 members (excludes halogenated alkanes) is 5. The average molecular weight is 397 g/mol. The average Bonchev–Trinajstić information content (AvgIpc) is 2.59. The fourth-order valence-corrected chi connectivity index (χ4v) is 4.21. The van der Waals surface area contributed by atoms with E-state index in [0.29, 0.717) is 0 Å². The highest BCUT2D eigenvalue weighted by Crippen LogP contribution is 2.41. The van der Waals surface area contributed by atoms with Gasteiger partial charge < -0.3 is 14.2 Å². The van der Waals surface area contributed by atoms with Gasteiger partial charge in [-0.3, -0.25) is 0 Å². The smallest absolute Gasteiger partial charge is 0.290 e. The molecule has 0 heterocycles. The molecule has 0 radical (unpaired) electrons. The molecule has 3 nitrogen and oxygen atoms in total. The van der Waals surface area contributed by atoms with Crippen LogP contribution >= 0.6 is 0 Å². The highest BCUT2D eigenvalue weighted by atomic mass is 16.9. The van der Waals surface area contributed by atoms with Crippen molar-refractivity contribution in [1.82, 2.24) is 0 Å². The van der Waals surface area contributed by atoms with Gasteiger partial charge in [0.1, 0.15) is 0 Å². The van der Waals surface area contributed by atoms with E-state index in [2.05, 4.69) is 54.5 Å². The maximum Gasteiger partial charge on any atom is 0.290 e. The largest absolute Gasteiger partial charge is 0.324 e. The predicted octanol–water partition coefficient (Wildman–Crippen LogP) is 7.78. The Labute approximate surface area is 175 Å². The Morgan fingerprint density at radius 1 is 0.786 bits per heavy atom. The van der Waals surface area contributed by atoms with Crippen molar-refractivity contribution in [3.05, 3.63) is 11.6 Å². The number of hydrogen-bond donors (Lipinski definition) is 0. The van der Waals surface area contributed by atoms with Crippen LogP contribution in [0.25, 0.3) is 0 Å². The second-order valence-electron chi connectivity index (χ2n) is 9.24. The van der Waals surface area contributed by atoms with Crippen LogP contribution in [0.1, 0.15) is 119 Å². The van der Waals surface area contributed by atoms with Gasteiger partial charge in [0.25, 0.3) is 5.97 Å². The van der Waals surface area contributed by atoms with E-state index in [9.17, 15) is 0 Å². The molecule has 0 N–H and O–H groups in total. The monoisotopic (exact) mass is 396 g/mol. The van der Waals surface area contributed by atoms with Gasteiger partial charge in [0.05, 0.1) is 24.2 Å². The van der Waals surface area contributed by atoms with E-state index < -0.39 is 5.97 Å². The zero-order chi connectivity index (χ0) is 21.0. The molecule has 0 saturated carbocycles. The van der Waals surface area contributed by atoms with Crippen molar-refractivity contribution in [2.75, 3.05) is 0 Å². The van der Waals surface area contributed by atoms with Crippen LogP contribution < -0.4 is 0 Å². The van der Waals surface area contributed by atoms with Crippen molar-refractivity contribution in [2.24, 2.45) is 5.92 Å². The Bertz CT molecular complexity index is 399. The first kappa shape index (κ1) is 25.7. The number of rotatable bonds is 15. The SMILES string of the molecule is CCCCCCCCC(C1=CCCCC1)C(OC(C)C)(OC(C)C)OC(C)C. The lowest BCUT2D eigenvalue weighted by atomic mass is 9.83. The molecule has 166 valence electrons. The van der Waals surface area contributed by atoms with Crippen molar-refractivity contribution in [1.29, 1.82) is 0 Å². The van der Waals surface area contributed by atoms with Crippen LogP contribution in [0.4, 0.5) is 0 Å². The Balaban J connectivity index is 3.06. The van der Waals surface area contributed by atoms with Gasteiger partial charge in [0.15, 0.2) is 0 Å². The highest BCUT2D eigenvalue weighted by Gasteiger charge is 2.46. The van der Waals surface area contributed by atoms with Crippen molar-refractivity contribution in [2.45, 2.75) is 143 Å². The normalized spacial score (nSPS) is 16.9. The lowest BCUT2D eigenvalue weighted by molar-refractivity contribution is -0.428. The van der Waals surface area contributed by atoms with E-state index in [1.807, 2.05) is 0 Å². The first-order chi connectivity index (χ1) is 13.3. The molecule has 1 unspecified atom stereocenters. The van der Waals surface area contributed by atoms with E-state index in [1.54, 1.807) is 0 Å². The third kappa shape index (κ3) is 9.41. The van der Waals surface area contributed by atoms with Crippen LogP contribution in [0.2, 0.25) is 0 Å². The van der Waals surface area contributed by atoms with E-state index >= 15 is 0 Å². The lowest BCUT2D eigenvalue weighted by Gasteiger charge is -2.44. The zero-order valence-electron chi connectivity index (χ0n) is 19.9. The summed E-state index contributed by atoms with van der Waals surface area (Å²) >= 11 is 0. The molecular formula is C25H48O3. The molecule has 0 saturated heterocycles. The molecule has 1 aliphatic rings. The molecule has 0 bridgehead atoms. The molecular weight excluding hydrogens is 348 g/mol. The van der Waals surface area contributed by atoms with Crippen molar-refractivity contribution >= 4 is 0 Å². The fraction of sp³-hybridized carbons (Fsp3) is 0.920. The number of hydrogen-bond acceptors (Lipinski definition) is 3. The molecule has 0 amide bonds. The van der Waals surface area contributed by atoms with Gasteiger partial charge in [0.2, 0.25) is 0 Å². The number of ether oxygens (including phenoxy) is 3. The van der Waals surface area contributed by atoms with Gasteiger partial charge in [-0.05, 0) is 73.6 Å². The molecule has 1 atom stereocenters. The molecule has 0 aromatic heterocycles. The molecule has 0 aromatic rings. The quantitative estimate of drug-likeness (QED) is 0.161. The first-order valence-electron chi connectivity index (χ1n) is 12.0. The Morgan fingerprint density at radius 3 is 1.79 bits per heavy atom. The molecule has 28 heavy (non-hydrogen) atoms. The summed E-state index contributed by atoms with van der Waals surface area (Å²) in [5.74, 6) is -0.811. The molecule has 0 fully saturated rings. The second-order valence-corrected chi connectivity index (χ2v) is 9.24. The third-order valence-corrected chi connectivity index (χ3v) is 5.25. The summed E-state index contributed by atoms with van der Waals surface area (Å²) in [4.78, 5) is 0. The van der Waals surface area contributed by atoms with Crippen molar-refractivity contribution in [3.63, 3.8) is 0 Å². The number of allylic oxidation sites excluding steroid dienone is 1. The third-order valence-electron chi connectivity index (χ3n) is 5.25. The summed E-state index contributed by atoms with van der Waals surface area (Å²) < 4.78 is 19.5. The minimum absolute atomic E-state index is 0.0498. The fourth-order valence-electron chi connectivity index (χ4n) is 4.21. The summed E-state index contributed by atoms with van der Waals surface area (Å²) in [5.41, 5.74) is 1.49. The van der Waals surface area contributed by atoms with Gasteiger partial charge in [-0.2, -0.15) is 0 Å². The Hall–Kier alpha value is -0.380. The predicted molar refractivity (Wildman–Crippen MR) is 119 cm³/mol. The van der Waals surface area contributed by atoms with E-state index in [-0.39, 0.29) is 24.2 Å². The van der Waals surface area contributed by atoms with Crippen molar-refractivity contribution < 1.29 is 14.2 Å². The van der Waals surface area contributed by atoms with Gasteiger partial charge in [-0.1, -0.05) is 57.1 Å². The van der Waals surface area contributed by atoms with Crippen LogP contribution in [0.3, 0.4) is 0 Å². The molecule has 0 aromatic carbocycles. The van der Waals surface area contributed by atoms with Gasteiger partial charge >= 0.3 is 0 Å². The minimum atomic E-state index is -0.983. The minimum Gasteiger partial charge on any atom is -0.324 e. The van der Waals surface area contributed by atoms with E-state index in [4.69, 9.17) is 14.2 Å². The van der Waals surface area contributed by atoms with Crippen LogP contribution in [-0.2, 0) is 14.2 Å². The Kier molecular flexibility index (Phi) is 12.6. The zero-order valence-corrected chi connectivity index (χ0v) is 19.9. The van der Waals surface area contributed by atoms with Crippen molar-refractivity contribution in [3.8, 4) is 0 Å². The van der Waals surface area contributed by atoms with Crippen LogP contribution in [-0.4, -0.2) is 24.3 Å². The maximum absolute atomic E-state index is 6.49. The van der Waals surface area contributed by atoms with Gasteiger partial charge in [-0.15, -0.1) is 0 Å². The van der Waals surface area contributed by atoms with Crippen LogP contribution in [0.5, 0.6) is 0 Å². The molecule has 1 rings (SSSR count). The summed E-state index contributed by atoms with van der Waals surface area (Å²) in [5, 5.41) is 0. The molecule has 1 aliphatic carbocycles. The summed E-state index contributed by atoms with van der Waals surface area (Å²) in [6.45, 7) is 14.8. The first-order valence-corrected chi connectivity index (χ1v) is 12.0. The van der Waals surface area contributed by atoms with Crippen LogP contribution in [0, 0.1) is 5.92 Å². The van der Waals surface area contributed by atoms with Crippen LogP contribution in [0.15, 0.2) is 11.6 Å². The molecule has 3 heteroatoms.